The molecule has 0 spiro atoms. The Morgan fingerprint density at radius 1 is 1.38 bits per heavy atom. The number of hydrogen-bond donors (Lipinski definition) is 0. The van der Waals surface area contributed by atoms with Crippen LogP contribution in [-0.4, -0.2) is 32.8 Å². The SMILES string of the molecule is CCCCCN(C)C(=O)c1cc(F)c(Br)c(S(=O)(=O)Cl)c1. The van der Waals surface area contributed by atoms with Gasteiger partial charge in [0.2, 0.25) is 0 Å². The maximum Gasteiger partial charge on any atom is 0.262 e. The lowest BCUT2D eigenvalue weighted by Gasteiger charge is -2.17. The van der Waals surface area contributed by atoms with Crippen LogP contribution in [0, 0.1) is 5.82 Å². The van der Waals surface area contributed by atoms with E-state index < -0.39 is 25.7 Å². The van der Waals surface area contributed by atoms with Crippen molar-refractivity contribution in [3.8, 4) is 0 Å². The van der Waals surface area contributed by atoms with Gasteiger partial charge in [-0.2, -0.15) is 0 Å². The lowest BCUT2D eigenvalue weighted by atomic mass is 10.2. The highest BCUT2D eigenvalue weighted by atomic mass is 79.9. The molecular weight excluding hydrogens is 385 g/mol. The Hall–Kier alpha value is -0.660. The van der Waals surface area contributed by atoms with Crippen LogP contribution in [0.5, 0.6) is 0 Å². The van der Waals surface area contributed by atoms with Crippen molar-refractivity contribution in [3.63, 3.8) is 0 Å². The van der Waals surface area contributed by atoms with E-state index in [1.807, 2.05) is 6.92 Å². The van der Waals surface area contributed by atoms with Gasteiger partial charge in [0.25, 0.3) is 15.0 Å². The van der Waals surface area contributed by atoms with Crippen molar-refractivity contribution >= 4 is 41.6 Å². The van der Waals surface area contributed by atoms with Crippen molar-refractivity contribution in [1.82, 2.24) is 4.90 Å². The van der Waals surface area contributed by atoms with E-state index in [-0.39, 0.29) is 10.0 Å². The van der Waals surface area contributed by atoms with Gasteiger partial charge in [-0.25, -0.2) is 12.8 Å². The summed E-state index contributed by atoms with van der Waals surface area (Å²) in [6.07, 6.45) is 2.83. The molecule has 8 heteroatoms. The Bertz CT molecular complexity index is 637. The largest absolute Gasteiger partial charge is 0.342 e. The minimum atomic E-state index is -4.14. The fourth-order valence-corrected chi connectivity index (χ4v) is 3.88. The topological polar surface area (TPSA) is 54.5 Å². The molecule has 0 aromatic heterocycles. The van der Waals surface area contributed by atoms with Gasteiger partial charge in [-0.3, -0.25) is 4.79 Å². The average Bonchev–Trinajstić information content (AvgIpc) is 2.39. The number of halogens is 3. The maximum absolute atomic E-state index is 13.8. The van der Waals surface area contributed by atoms with Gasteiger partial charge in [0.15, 0.2) is 0 Å². The summed E-state index contributed by atoms with van der Waals surface area (Å²) in [6.45, 7) is 2.57. The zero-order valence-electron chi connectivity index (χ0n) is 11.7. The molecule has 1 amide bonds. The summed E-state index contributed by atoms with van der Waals surface area (Å²) in [5.41, 5.74) is -0.0473. The van der Waals surface area contributed by atoms with Crippen molar-refractivity contribution in [1.29, 1.82) is 0 Å². The van der Waals surface area contributed by atoms with E-state index in [1.54, 1.807) is 7.05 Å². The molecule has 118 valence electrons. The minimum Gasteiger partial charge on any atom is -0.342 e. The molecular formula is C13H16BrClFNO3S. The van der Waals surface area contributed by atoms with Crippen LogP contribution in [-0.2, 0) is 9.05 Å². The summed E-state index contributed by atoms with van der Waals surface area (Å²) in [5, 5.41) is 0. The molecule has 1 aromatic carbocycles. The monoisotopic (exact) mass is 399 g/mol. The summed E-state index contributed by atoms with van der Waals surface area (Å²) >= 11 is 2.82. The number of rotatable bonds is 6. The molecule has 0 aliphatic carbocycles. The fourth-order valence-electron chi connectivity index (χ4n) is 1.79. The number of hydrogen-bond acceptors (Lipinski definition) is 3. The standard InChI is InChI=1S/C13H16BrClFNO3S/c1-3-4-5-6-17(2)13(18)9-7-10(16)12(14)11(8-9)21(15,19)20/h7-8H,3-6H2,1-2H3. The second-order valence-electron chi connectivity index (χ2n) is 4.64. The Labute approximate surface area is 136 Å². The summed E-state index contributed by atoms with van der Waals surface area (Å²) in [7, 11) is 2.69. The maximum atomic E-state index is 13.8. The first-order valence-corrected chi connectivity index (χ1v) is 9.48. The van der Waals surface area contributed by atoms with Crippen molar-refractivity contribution in [2.45, 2.75) is 31.1 Å². The molecule has 0 atom stereocenters. The zero-order valence-corrected chi connectivity index (χ0v) is 14.9. The molecule has 1 aromatic rings. The van der Waals surface area contributed by atoms with Crippen LogP contribution in [0.25, 0.3) is 0 Å². The van der Waals surface area contributed by atoms with E-state index >= 15 is 0 Å². The molecule has 4 nitrogen and oxygen atoms in total. The molecule has 0 aliphatic rings. The molecule has 0 heterocycles. The molecule has 0 fully saturated rings. The predicted molar refractivity (Wildman–Crippen MR) is 83.6 cm³/mol. The van der Waals surface area contributed by atoms with Gasteiger partial charge in [-0.1, -0.05) is 19.8 Å². The second-order valence-corrected chi connectivity index (χ2v) is 7.97. The summed E-state index contributed by atoms with van der Waals surface area (Å²) in [4.78, 5) is 13.2. The van der Waals surface area contributed by atoms with E-state index in [4.69, 9.17) is 10.7 Å². The normalized spacial score (nSPS) is 11.5. The molecule has 0 saturated heterocycles. The van der Waals surface area contributed by atoms with Crippen molar-refractivity contribution in [2.24, 2.45) is 0 Å². The first kappa shape index (κ1) is 18.4. The Morgan fingerprint density at radius 2 is 2.00 bits per heavy atom. The van der Waals surface area contributed by atoms with Crippen LogP contribution in [0.15, 0.2) is 21.5 Å². The van der Waals surface area contributed by atoms with Crippen LogP contribution in [0.3, 0.4) is 0 Å². The number of amides is 1. The van der Waals surface area contributed by atoms with Gasteiger partial charge >= 0.3 is 0 Å². The van der Waals surface area contributed by atoms with Crippen LogP contribution in [0.1, 0.15) is 36.5 Å². The zero-order chi connectivity index (χ0) is 16.2. The highest BCUT2D eigenvalue weighted by Gasteiger charge is 2.22. The summed E-state index contributed by atoms with van der Waals surface area (Å²) in [6, 6.07) is 2.07. The third-order valence-electron chi connectivity index (χ3n) is 2.95. The van der Waals surface area contributed by atoms with Crippen LogP contribution >= 0.6 is 26.6 Å². The molecule has 21 heavy (non-hydrogen) atoms. The van der Waals surface area contributed by atoms with Crippen molar-refractivity contribution < 1.29 is 17.6 Å². The van der Waals surface area contributed by atoms with E-state index in [0.29, 0.717) is 6.54 Å². The van der Waals surface area contributed by atoms with E-state index in [9.17, 15) is 17.6 Å². The quantitative estimate of drug-likeness (QED) is 0.539. The molecule has 1 rings (SSSR count). The fraction of sp³-hybridized carbons (Fsp3) is 0.462. The number of benzene rings is 1. The first-order chi connectivity index (χ1) is 9.68. The summed E-state index contributed by atoms with van der Waals surface area (Å²) in [5.74, 6) is -1.29. The summed E-state index contributed by atoms with van der Waals surface area (Å²) < 4.78 is 36.3. The highest BCUT2D eigenvalue weighted by molar-refractivity contribution is 9.10. The van der Waals surface area contributed by atoms with Crippen molar-refractivity contribution in [3.05, 3.63) is 28.0 Å². The molecule has 0 aliphatic heterocycles. The molecule has 0 unspecified atom stereocenters. The molecule has 0 saturated carbocycles. The third-order valence-corrected chi connectivity index (χ3v) is 5.36. The van der Waals surface area contributed by atoms with E-state index in [1.165, 1.54) is 4.90 Å². The number of nitrogens with zero attached hydrogens (tertiary/aromatic N) is 1. The van der Waals surface area contributed by atoms with Gasteiger partial charge in [-0.05, 0) is 34.5 Å². The number of carbonyl (C=O) groups is 1. The minimum absolute atomic E-state index is 0.0473. The van der Waals surface area contributed by atoms with Crippen LogP contribution in [0.4, 0.5) is 4.39 Å². The van der Waals surface area contributed by atoms with Gasteiger partial charge in [0.05, 0.1) is 4.47 Å². The van der Waals surface area contributed by atoms with Crippen LogP contribution in [0.2, 0.25) is 0 Å². The average molecular weight is 401 g/mol. The predicted octanol–water partition coefficient (Wildman–Crippen LogP) is 3.78. The second kappa shape index (κ2) is 7.56. The van der Waals surface area contributed by atoms with Gasteiger partial charge in [0, 0.05) is 29.8 Å². The Morgan fingerprint density at radius 3 is 2.52 bits per heavy atom. The van der Waals surface area contributed by atoms with Crippen LogP contribution < -0.4 is 0 Å². The number of unbranched alkanes of at least 4 members (excludes halogenated alkanes) is 2. The van der Waals surface area contributed by atoms with Crippen molar-refractivity contribution in [2.75, 3.05) is 13.6 Å². The van der Waals surface area contributed by atoms with Gasteiger partial charge in [0.1, 0.15) is 10.7 Å². The molecule has 0 radical (unpaired) electrons. The molecule has 0 N–H and O–H groups in total. The highest BCUT2D eigenvalue weighted by Crippen LogP contribution is 2.29. The lowest BCUT2D eigenvalue weighted by molar-refractivity contribution is 0.0792. The van der Waals surface area contributed by atoms with E-state index in [2.05, 4.69) is 15.9 Å². The van der Waals surface area contributed by atoms with E-state index in [0.717, 1.165) is 31.4 Å². The Balaban J connectivity index is 3.09. The molecule has 0 bridgehead atoms. The Kier molecular flexibility index (Phi) is 6.62. The lowest BCUT2D eigenvalue weighted by Crippen LogP contribution is -2.28. The van der Waals surface area contributed by atoms with Gasteiger partial charge < -0.3 is 4.90 Å². The van der Waals surface area contributed by atoms with Gasteiger partial charge in [-0.15, -0.1) is 0 Å². The third kappa shape index (κ3) is 4.93. The smallest absolute Gasteiger partial charge is 0.262 e. The number of carbonyl (C=O) groups excluding carboxylic acids is 1. The first-order valence-electron chi connectivity index (χ1n) is 6.37.